The van der Waals surface area contributed by atoms with Gasteiger partial charge in [-0.05, 0) is 38.1 Å². The maximum Gasteiger partial charge on any atom is 0.416 e. The molecule has 1 atom stereocenters. The Morgan fingerprint density at radius 2 is 2.00 bits per heavy atom. The number of hydrogen-bond donors (Lipinski definition) is 1. The molecule has 0 amide bonds. The molecule has 1 aliphatic heterocycles. The van der Waals surface area contributed by atoms with E-state index in [2.05, 4.69) is 10.2 Å². The molecule has 1 aromatic carbocycles. The monoisotopic (exact) mass is 286 g/mol. The summed E-state index contributed by atoms with van der Waals surface area (Å²) >= 11 is 0. The fourth-order valence-corrected chi connectivity index (χ4v) is 2.89. The van der Waals surface area contributed by atoms with Gasteiger partial charge in [-0.15, -0.1) is 0 Å². The molecule has 1 aliphatic rings. The molecule has 1 fully saturated rings. The highest BCUT2D eigenvalue weighted by molar-refractivity contribution is 5.29. The molecule has 1 saturated heterocycles. The van der Waals surface area contributed by atoms with Gasteiger partial charge in [0.15, 0.2) is 0 Å². The van der Waals surface area contributed by atoms with E-state index in [1.165, 1.54) is 12.1 Å². The third-order valence-corrected chi connectivity index (χ3v) is 3.89. The Kier molecular flexibility index (Phi) is 5.05. The molecule has 0 radical (unpaired) electrons. The quantitative estimate of drug-likeness (QED) is 0.914. The molecule has 0 bridgehead atoms. The minimum Gasteiger partial charge on any atom is -0.318 e. The van der Waals surface area contributed by atoms with E-state index in [4.69, 9.17) is 0 Å². The van der Waals surface area contributed by atoms with Crippen LogP contribution in [0.3, 0.4) is 0 Å². The number of likely N-dealkylation sites (N-methyl/N-ethyl adjacent to an activating group) is 1. The van der Waals surface area contributed by atoms with Crippen LogP contribution < -0.4 is 5.32 Å². The minimum absolute atomic E-state index is 0.329. The van der Waals surface area contributed by atoms with Gasteiger partial charge in [-0.2, -0.15) is 13.2 Å². The van der Waals surface area contributed by atoms with Gasteiger partial charge < -0.3 is 5.32 Å². The Morgan fingerprint density at radius 3 is 2.70 bits per heavy atom. The minimum atomic E-state index is -4.27. The summed E-state index contributed by atoms with van der Waals surface area (Å²) < 4.78 is 39.1. The number of rotatable bonds is 4. The lowest BCUT2D eigenvalue weighted by Crippen LogP contribution is -2.44. The Labute approximate surface area is 118 Å². The summed E-state index contributed by atoms with van der Waals surface area (Å²) in [6.45, 7) is 2.08. The Balaban J connectivity index is 2.16. The van der Waals surface area contributed by atoms with Crippen LogP contribution in [-0.2, 0) is 12.7 Å². The molecule has 2 nitrogen and oxygen atoms in total. The van der Waals surface area contributed by atoms with Crippen molar-refractivity contribution >= 4 is 0 Å². The first-order valence-electron chi connectivity index (χ1n) is 7.06. The molecule has 0 aliphatic carbocycles. The van der Waals surface area contributed by atoms with Gasteiger partial charge in [0.2, 0.25) is 0 Å². The highest BCUT2D eigenvalue weighted by Gasteiger charge is 2.34. The number of alkyl halides is 3. The maximum atomic E-state index is 13.0. The van der Waals surface area contributed by atoms with Crippen molar-refractivity contribution in [3.8, 4) is 0 Å². The summed E-state index contributed by atoms with van der Waals surface area (Å²) in [5, 5.41) is 3.13. The van der Waals surface area contributed by atoms with Gasteiger partial charge in [-0.1, -0.05) is 24.6 Å². The molecular weight excluding hydrogens is 265 g/mol. The topological polar surface area (TPSA) is 15.3 Å². The van der Waals surface area contributed by atoms with Crippen molar-refractivity contribution in [3.05, 3.63) is 35.4 Å². The van der Waals surface area contributed by atoms with Crippen LogP contribution in [0, 0.1) is 0 Å². The van der Waals surface area contributed by atoms with Gasteiger partial charge in [0.25, 0.3) is 0 Å². The van der Waals surface area contributed by atoms with Gasteiger partial charge in [0.1, 0.15) is 0 Å². The summed E-state index contributed by atoms with van der Waals surface area (Å²) in [6, 6.07) is 6.23. The van der Waals surface area contributed by atoms with E-state index >= 15 is 0 Å². The molecule has 0 aromatic heterocycles. The van der Waals surface area contributed by atoms with Crippen LogP contribution in [0.1, 0.15) is 30.4 Å². The lowest BCUT2D eigenvalue weighted by molar-refractivity contribution is -0.138. The number of piperidine rings is 1. The van der Waals surface area contributed by atoms with Gasteiger partial charge in [0.05, 0.1) is 5.56 Å². The third kappa shape index (κ3) is 3.73. The van der Waals surface area contributed by atoms with E-state index in [1.54, 1.807) is 12.1 Å². The normalized spacial score (nSPS) is 21.1. The molecule has 1 N–H and O–H groups in total. The highest BCUT2D eigenvalue weighted by Crippen LogP contribution is 2.33. The number of hydrogen-bond acceptors (Lipinski definition) is 2. The molecule has 1 heterocycles. The van der Waals surface area contributed by atoms with Crippen molar-refractivity contribution in [2.75, 3.05) is 20.1 Å². The molecule has 5 heteroatoms. The SMILES string of the molecule is CNCC1CCCCN1Cc1ccccc1C(F)(F)F. The van der Waals surface area contributed by atoms with Crippen molar-refractivity contribution in [1.29, 1.82) is 0 Å². The number of halogens is 3. The largest absolute Gasteiger partial charge is 0.416 e. The van der Waals surface area contributed by atoms with Crippen LogP contribution in [-0.4, -0.2) is 31.1 Å². The Morgan fingerprint density at radius 1 is 1.25 bits per heavy atom. The van der Waals surface area contributed by atoms with Crippen molar-refractivity contribution in [1.82, 2.24) is 10.2 Å². The molecule has 0 saturated carbocycles. The predicted octanol–water partition coefficient (Wildman–Crippen LogP) is 3.28. The zero-order valence-electron chi connectivity index (χ0n) is 11.7. The number of benzene rings is 1. The van der Waals surface area contributed by atoms with E-state index in [1.807, 2.05) is 7.05 Å². The van der Waals surface area contributed by atoms with Crippen LogP contribution >= 0.6 is 0 Å². The molecule has 2 rings (SSSR count). The number of likely N-dealkylation sites (tertiary alicyclic amines) is 1. The smallest absolute Gasteiger partial charge is 0.318 e. The Bertz CT molecular complexity index is 429. The van der Waals surface area contributed by atoms with Crippen LogP contribution in [0.5, 0.6) is 0 Å². The van der Waals surface area contributed by atoms with Crippen LogP contribution in [0.4, 0.5) is 13.2 Å². The van der Waals surface area contributed by atoms with E-state index in [-0.39, 0.29) is 0 Å². The van der Waals surface area contributed by atoms with Crippen LogP contribution in [0.25, 0.3) is 0 Å². The number of nitrogens with zero attached hydrogens (tertiary/aromatic N) is 1. The second-order valence-corrected chi connectivity index (χ2v) is 5.33. The van der Waals surface area contributed by atoms with Gasteiger partial charge in [-0.3, -0.25) is 4.90 Å². The zero-order valence-corrected chi connectivity index (χ0v) is 11.7. The summed E-state index contributed by atoms with van der Waals surface area (Å²) in [7, 11) is 1.89. The summed E-state index contributed by atoms with van der Waals surface area (Å²) in [5.41, 5.74) is -0.128. The van der Waals surface area contributed by atoms with Crippen LogP contribution in [0.15, 0.2) is 24.3 Å². The standard InChI is InChI=1S/C15H21F3N2/c1-19-10-13-7-4-5-9-20(13)11-12-6-2-3-8-14(12)15(16,17)18/h2-3,6,8,13,19H,4-5,7,9-11H2,1H3. The molecular formula is C15H21F3N2. The van der Waals surface area contributed by atoms with Gasteiger partial charge >= 0.3 is 6.18 Å². The fraction of sp³-hybridized carbons (Fsp3) is 0.600. The van der Waals surface area contributed by atoms with Crippen molar-refractivity contribution in [3.63, 3.8) is 0 Å². The first-order valence-corrected chi connectivity index (χ1v) is 7.06. The third-order valence-electron chi connectivity index (χ3n) is 3.89. The second-order valence-electron chi connectivity index (χ2n) is 5.33. The van der Waals surface area contributed by atoms with Crippen molar-refractivity contribution in [2.45, 2.75) is 38.0 Å². The van der Waals surface area contributed by atoms with E-state index in [0.717, 1.165) is 32.4 Å². The lowest BCUT2D eigenvalue weighted by Gasteiger charge is -2.36. The average molecular weight is 286 g/mol. The maximum absolute atomic E-state index is 13.0. The molecule has 1 aromatic rings. The Hall–Kier alpha value is -1.07. The average Bonchev–Trinajstić information content (AvgIpc) is 2.41. The van der Waals surface area contributed by atoms with E-state index in [0.29, 0.717) is 18.2 Å². The first kappa shape index (κ1) is 15.3. The van der Waals surface area contributed by atoms with E-state index < -0.39 is 11.7 Å². The fourth-order valence-electron chi connectivity index (χ4n) is 2.89. The first-order chi connectivity index (χ1) is 9.52. The molecule has 112 valence electrons. The van der Waals surface area contributed by atoms with Crippen LogP contribution in [0.2, 0.25) is 0 Å². The number of nitrogens with one attached hydrogen (secondary N) is 1. The molecule has 1 unspecified atom stereocenters. The zero-order chi connectivity index (χ0) is 14.6. The predicted molar refractivity (Wildman–Crippen MR) is 73.4 cm³/mol. The molecule has 0 spiro atoms. The van der Waals surface area contributed by atoms with Crippen molar-refractivity contribution < 1.29 is 13.2 Å². The van der Waals surface area contributed by atoms with E-state index in [9.17, 15) is 13.2 Å². The summed E-state index contributed by atoms with van der Waals surface area (Å²) in [5.74, 6) is 0. The highest BCUT2D eigenvalue weighted by atomic mass is 19.4. The lowest BCUT2D eigenvalue weighted by atomic mass is 9.99. The summed E-state index contributed by atoms with van der Waals surface area (Å²) in [6.07, 6.45) is -1.00. The van der Waals surface area contributed by atoms with Gasteiger partial charge in [-0.25, -0.2) is 0 Å². The molecule has 20 heavy (non-hydrogen) atoms. The second kappa shape index (κ2) is 6.59. The summed E-state index contributed by atoms with van der Waals surface area (Å²) in [4.78, 5) is 2.17. The van der Waals surface area contributed by atoms with Gasteiger partial charge in [0, 0.05) is 19.1 Å². The van der Waals surface area contributed by atoms with Crippen molar-refractivity contribution in [2.24, 2.45) is 0 Å².